The first-order chi connectivity index (χ1) is 14.3. The minimum absolute atomic E-state index is 0.00601. The van der Waals surface area contributed by atoms with Gasteiger partial charge in [-0.25, -0.2) is 0 Å². The van der Waals surface area contributed by atoms with Crippen molar-refractivity contribution in [3.8, 4) is 6.07 Å². The van der Waals surface area contributed by atoms with E-state index in [-0.39, 0.29) is 17.4 Å². The Labute approximate surface area is 182 Å². The number of amides is 1. The molecule has 1 heterocycles. The third kappa shape index (κ3) is 6.22. The molecule has 0 spiro atoms. The van der Waals surface area contributed by atoms with Crippen LogP contribution >= 0.6 is 0 Å². The van der Waals surface area contributed by atoms with Gasteiger partial charge in [-0.3, -0.25) is 4.79 Å². The number of nitriles is 1. The summed E-state index contributed by atoms with van der Waals surface area (Å²) in [5, 5.41) is 16.5. The van der Waals surface area contributed by atoms with Crippen molar-refractivity contribution in [1.29, 1.82) is 5.26 Å². The van der Waals surface area contributed by atoms with Crippen molar-refractivity contribution in [3.05, 3.63) is 30.3 Å². The minimum atomic E-state index is -0.753. The van der Waals surface area contributed by atoms with Gasteiger partial charge < -0.3 is 15.5 Å². The lowest BCUT2D eigenvalue weighted by molar-refractivity contribution is -0.124. The zero-order valence-corrected chi connectivity index (χ0v) is 18.9. The van der Waals surface area contributed by atoms with Gasteiger partial charge in [-0.05, 0) is 49.7 Å². The van der Waals surface area contributed by atoms with E-state index in [0.717, 1.165) is 18.8 Å². The number of piperidine rings is 1. The Balaban J connectivity index is 1.64. The summed E-state index contributed by atoms with van der Waals surface area (Å²) in [4.78, 5) is 15.9. The molecule has 1 aromatic rings. The predicted octanol–water partition coefficient (Wildman–Crippen LogP) is 4.71. The summed E-state index contributed by atoms with van der Waals surface area (Å²) in [5.41, 5.74) is 0.171. The molecule has 1 aromatic carbocycles. The van der Waals surface area contributed by atoms with Crippen molar-refractivity contribution in [2.24, 2.45) is 5.41 Å². The van der Waals surface area contributed by atoms with Crippen molar-refractivity contribution >= 4 is 11.6 Å². The molecule has 2 N–H and O–H groups in total. The van der Waals surface area contributed by atoms with E-state index in [1.165, 1.54) is 32.1 Å². The molecule has 5 heteroatoms. The van der Waals surface area contributed by atoms with E-state index in [4.69, 9.17) is 0 Å². The van der Waals surface area contributed by atoms with Crippen LogP contribution in [0.25, 0.3) is 0 Å². The molecule has 2 aliphatic rings. The summed E-state index contributed by atoms with van der Waals surface area (Å²) in [7, 11) is 0. The first-order valence-electron chi connectivity index (χ1n) is 11.6. The first kappa shape index (κ1) is 22.6. The molecule has 1 aliphatic carbocycles. The summed E-state index contributed by atoms with van der Waals surface area (Å²) >= 11 is 0. The molecule has 1 unspecified atom stereocenters. The van der Waals surface area contributed by atoms with Crippen LogP contribution in [0.3, 0.4) is 0 Å². The van der Waals surface area contributed by atoms with Crippen LogP contribution in [-0.2, 0) is 4.79 Å². The molecule has 2 fully saturated rings. The molecule has 5 nitrogen and oxygen atoms in total. The van der Waals surface area contributed by atoms with Crippen molar-refractivity contribution < 1.29 is 4.79 Å². The quantitative estimate of drug-likeness (QED) is 0.713. The fraction of sp³-hybridized carbons (Fsp3) is 0.680. The van der Waals surface area contributed by atoms with Gasteiger partial charge in [0.15, 0.2) is 0 Å². The van der Waals surface area contributed by atoms with Gasteiger partial charge >= 0.3 is 0 Å². The lowest BCUT2D eigenvalue weighted by Gasteiger charge is -2.43. The van der Waals surface area contributed by atoms with Crippen LogP contribution in [0.1, 0.15) is 72.1 Å². The number of likely N-dealkylation sites (tertiary alicyclic amines) is 1. The van der Waals surface area contributed by atoms with Gasteiger partial charge in [0.05, 0.1) is 6.07 Å². The van der Waals surface area contributed by atoms with Crippen LogP contribution in [0.5, 0.6) is 0 Å². The van der Waals surface area contributed by atoms with Crippen molar-refractivity contribution in [2.45, 2.75) is 89.8 Å². The van der Waals surface area contributed by atoms with Crippen molar-refractivity contribution in [2.75, 3.05) is 18.4 Å². The number of hydrogen-bond donors (Lipinski definition) is 2. The van der Waals surface area contributed by atoms with Gasteiger partial charge in [0, 0.05) is 24.8 Å². The first-order valence-corrected chi connectivity index (χ1v) is 11.6. The van der Waals surface area contributed by atoms with Crippen LogP contribution < -0.4 is 10.6 Å². The monoisotopic (exact) mass is 410 g/mol. The molecule has 164 valence electrons. The van der Waals surface area contributed by atoms with E-state index in [1.54, 1.807) is 0 Å². The molecule has 0 radical (unpaired) electrons. The average Bonchev–Trinajstić information content (AvgIpc) is 2.74. The molecule has 1 saturated carbocycles. The highest BCUT2D eigenvalue weighted by molar-refractivity contribution is 5.85. The van der Waals surface area contributed by atoms with E-state index < -0.39 is 5.54 Å². The fourth-order valence-corrected chi connectivity index (χ4v) is 4.86. The molecule has 1 atom stereocenters. The summed E-state index contributed by atoms with van der Waals surface area (Å²) in [6, 6.07) is 12.6. The number of carbonyl (C=O) groups is 1. The Morgan fingerprint density at radius 1 is 1.17 bits per heavy atom. The zero-order valence-electron chi connectivity index (χ0n) is 18.9. The Bertz CT molecular complexity index is 720. The second-order valence-corrected chi connectivity index (χ2v) is 10.3. The zero-order chi connectivity index (χ0) is 21.6. The topological polar surface area (TPSA) is 68.2 Å². The summed E-state index contributed by atoms with van der Waals surface area (Å²) in [5.74, 6) is -0.0681. The molecule has 3 rings (SSSR count). The van der Waals surface area contributed by atoms with Crippen molar-refractivity contribution in [1.82, 2.24) is 10.2 Å². The van der Waals surface area contributed by atoms with Crippen LogP contribution in [-0.4, -0.2) is 41.5 Å². The van der Waals surface area contributed by atoms with Crippen LogP contribution in [0.15, 0.2) is 30.3 Å². The van der Waals surface area contributed by atoms with Gasteiger partial charge in [-0.1, -0.05) is 58.2 Å². The van der Waals surface area contributed by atoms with Crippen LogP contribution in [0, 0.1) is 16.7 Å². The maximum absolute atomic E-state index is 13.3. The molecule has 1 saturated heterocycles. The Hall–Kier alpha value is -2.06. The van der Waals surface area contributed by atoms with E-state index >= 15 is 0 Å². The summed E-state index contributed by atoms with van der Waals surface area (Å²) in [6.07, 6.45) is 8.66. The Morgan fingerprint density at radius 3 is 2.37 bits per heavy atom. The van der Waals surface area contributed by atoms with Gasteiger partial charge in [0.25, 0.3) is 0 Å². The standard InChI is InChI=1S/C25H38N4O/c1-24(2,3)18-22(27-20-10-6-4-7-11-20)23(30)28-25(19-26)14-16-29(17-15-25)21-12-8-5-9-13-21/h4,6-7,10-11,21-22,27H,5,8-9,12-18H2,1-3H3,(H,28,30). The lowest BCUT2D eigenvalue weighted by Crippen LogP contribution is -2.58. The highest BCUT2D eigenvalue weighted by Gasteiger charge is 2.39. The van der Waals surface area contributed by atoms with Gasteiger partial charge in [-0.2, -0.15) is 5.26 Å². The maximum atomic E-state index is 13.3. The fourth-order valence-electron chi connectivity index (χ4n) is 4.86. The van der Waals surface area contributed by atoms with E-state index in [1.807, 2.05) is 30.3 Å². The van der Waals surface area contributed by atoms with Gasteiger partial charge in [0.2, 0.25) is 5.91 Å². The lowest BCUT2D eigenvalue weighted by atomic mass is 9.84. The number of anilines is 1. The SMILES string of the molecule is CC(C)(C)CC(Nc1ccccc1)C(=O)NC1(C#N)CCN(C2CCCCC2)CC1. The predicted molar refractivity (Wildman–Crippen MR) is 122 cm³/mol. The third-order valence-electron chi connectivity index (χ3n) is 6.57. The largest absolute Gasteiger partial charge is 0.374 e. The molecular weight excluding hydrogens is 372 g/mol. The number of para-hydroxylation sites is 1. The molecule has 0 aromatic heterocycles. The molecule has 30 heavy (non-hydrogen) atoms. The highest BCUT2D eigenvalue weighted by Crippen LogP contribution is 2.30. The highest BCUT2D eigenvalue weighted by atomic mass is 16.2. The van der Waals surface area contributed by atoms with E-state index in [9.17, 15) is 10.1 Å². The number of rotatable bonds is 6. The Morgan fingerprint density at radius 2 is 1.80 bits per heavy atom. The summed E-state index contributed by atoms with van der Waals surface area (Å²) in [6.45, 7) is 8.22. The number of nitrogens with one attached hydrogen (secondary N) is 2. The number of carbonyl (C=O) groups excluding carboxylic acids is 1. The van der Waals surface area contributed by atoms with E-state index in [0.29, 0.717) is 25.3 Å². The minimum Gasteiger partial charge on any atom is -0.374 e. The molecular formula is C25H38N4O. The third-order valence-corrected chi connectivity index (χ3v) is 6.57. The Kier molecular flexibility index (Phi) is 7.41. The maximum Gasteiger partial charge on any atom is 0.243 e. The molecule has 1 aliphatic heterocycles. The number of hydrogen-bond acceptors (Lipinski definition) is 4. The normalized spacial score (nSPS) is 21.4. The van der Waals surface area contributed by atoms with Crippen molar-refractivity contribution in [3.63, 3.8) is 0 Å². The number of benzene rings is 1. The van der Waals surface area contributed by atoms with Gasteiger partial charge in [0.1, 0.15) is 11.6 Å². The number of nitrogens with zero attached hydrogens (tertiary/aromatic N) is 2. The summed E-state index contributed by atoms with van der Waals surface area (Å²) < 4.78 is 0. The van der Waals surface area contributed by atoms with Crippen LogP contribution in [0.2, 0.25) is 0 Å². The molecule has 1 amide bonds. The second kappa shape index (κ2) is 9.83. The molecule has 0 bridgehead atoms. The smallest absolute Gasteiger partial charge is 0.243 e. The second-order valence-electron chi connectivity index (χ2n) is 10.3. The van der Waals surface area contributed by atoms with E-state index in [2.05, 4.69) is 42.4 Å². The average molecular weight is 411 g/mol. The van der Waals surface area contributed by atoms with Gasteiger partial charge in [-0.15, -0.1) is 0 Å². The van der Waals surface area contributed by atoms with Crippen LogP contribution in [0.4, 0.5) is 5.69 Å².